The summed E-state index contributed by atoms with van der Waals surface area (Å²) < 4.78 is 35.4. The number of nitrogens with one attached hydrogen (secondary N) is 1. The normalized spacial score (nSPS) is 19.1. The number of hydrogen-bond acceptors (Lipinski definition) is 3. The Kier molecular flexibility index (Phi) is 5.40. The van der Waals surface area contributed by atoms with Crippen LogP contribution in [0.3, 0.4) is 0 Å². The predicted molar refractivity (Wildman–Crippen MR) is 61.6 cm³/mol. The number of likely N-dealkylation sites (N-methyl/N-ethyl adjacent to an activating group) is 1. The third kappa shape index (κ3) is 5.96. The summed E-state index contributed by atoms with van der Waals surface area (Å²) in [6.07, 6.45) is 2.51. The first kappa shape index (κ1) is 14.1. The molecule has 2 nitrogen and oxygen atoms in total. The topological polar surface area (TPSA) is 15.3 Å². The highest BCUT2D eigenvalue weighted by atomic mass is 32.2. The van der Waals surface area contributed by atoms with Crippen LogP contribution in [0.2, 0.25) is 0 Å². The van der Waals surface area contributed by atoms with E-state index in [1.54, 1.807) is 0 Å². The maximum absolute atomic E-state index is 11.8. The zero-order valence-electron chi connectivity index (χ0n) is 9.68. The summed E-state index contributed by atoms with van der Waals surface area (Å²) >= 11 is 0.0362. The van der Waals surface area contributed by atoms with Gasteiger partial charge in [0.15, 0.2) is 0 Å². The van der Waals surface area contributed by atoms with Crippen LogP contribution in [0.15, 0.2) is 0 Å². The number of hydrogen-bond donors (Lipinski definition) is 1. The van der Waals surface area contributed by atoms with Crippen LogP contribution in [0.1, 0.15) is 19.8 Å². The van der Waals surface area contributed by atoms with Crippen LogP contribution in [0.4, 0.5) is 13.2 Å². The molecule has 0 saturated heterocycles. The summed E-state index contributed by atoms with van der Waals surface area (Å²) in [5.41, 5.74) is -4.10. The first-order valence-electron chi connectivity index (χ1n) is 5.53. The van der Waals surface area contributed by atoms with Crippen LogP contribution in [-0.4, -0.2) is 48.4 Å². The minimum absolute atomic E-state index is 0.0362. The summed E-state index contributed by atoms with van der Waals surface area (Å²) in [6, 6.07) is 1.09. The largest absolute Gasteiger partial charge is 0.441 e. The highest BCUT2D eigenvalue weighted by Gasteiger charge is 2.29. The molecule has 0 aromatic rings. The van der Waals surface area contributed by atoms with E-state index in [2.05, 4.69) is 24.2 Å². The highest BCUT2D eigenvalue weighted by Crippen LogP contribution is 2.29. The number of alkyl halides is 3. The number of rotatable bonds is 7. The van der Waals surface area contributed by atoms with E-state index in [4.69, 9.17) is 0 Å². The molecular weight excluding hydrogens is 237 g/mol. The molecule has 1 unspecified atom stereocenters. The molecule has 1 aliphatic carbocycles. The van der Waals surface area contributed by atoms with Crippen molar-refractivity contribution in [2.75, 3.05) is 25.9 Å². The van der Waals surface area contributed by atoms with Gasteiger partial charge in [-0.15, -0.1) is 0 Å². The van der Waals surface area contributed by atoms with Gasteiger partial charge in [0.1, 0.15) is 0 Å². The van der Waals surface area contributed by atoms with Gasteiger partial charge in [-0.05, 0) is 38.6 Å². The third-order valence-electron chi connectivity index (χ3n) is 2.80. The molecule has 0 aromatic heterocycles. The number of thioether (sulfide) groups is 1. The van der Waals surface area contributed by atoms with Gasteiger partial charge in [-0.1, -0.05) is 0 Å². The van der Waals surface area contributed by atoms with Gasteiger partial charge < -0.3 is 5.32 Å². The zero-order chi connectivity index (χ0) is 12.2. The monoisotopic (exact) mass is 256 g/mol. The Labute approximate surface area is 98.9 Å². The molecule has 0 spiro atoms. The first-order chi connectivity index (χ1) is 7.40. The van der Waals surface area contributed by atoms with E-state index in [1.807, 2.05) is 0 Å². The lowest BCUT2D eigenvalue weighted by molar-refractivity contribution is -0.0327. The van der Waals surface area contributed by atoms with Gasteiger partial charge in [0.05, 0.1) is 0 Å². The molecule has 96 valence electrons. The van der Waals surface area contributed by atoms with E-state index in [0.29, 0.717) is 18.6 Å². The second-order valence-electron chi connectivity index (χ2n) is 4.24. The average molecular weight is 256 g/mol. The molecule has 0 bridgehead atoms. The van der Waals surface area contributed by atoms with Gasteiger partial charge >= 0.3 is 5.51 Å². The van der Waals surface area contributed by atoms with E-state index in [9.17, 15) is 13.2 Å². The Morgan fingerprint density at radius 2 is 2.06 bits per heavy atom. The smallest absolute Gasteiger partial charge is 0.314 e. The van der Waals surface area contributed by atoms with E-state index >= 15 is 0 Å². The van der Waals surface area contributed by atoms with Crippen LogP contribution in [-0.2, 0) is 0 Å². The second kappa shape index (κ2) is 6.12. The molecule has 0 aliphatic heterocycles. The van der Waals surface area contributed by atoms with Crippen molar-refractivity contribution < 1.29 is 13.2 Å². The number of halogens is 3. The van der Waals surface area contributed by atoms with Crippen molar-refractivity contribution in [2.24, 2.45) is 0 Å². The maximum Gasteiger partial charge on any atom is 0.441 e. The average Bonchev–Trinajstić information content (AvgIpc) is 2.97. The lowest BCUT2D eigenvalue weighted by Gasteiger charge is -2.24. The molecule has 1 atom stereocenters. The van der Waals surface area contributed by atoms with Crippen molar-refractivity contribution >= 4 is 11.8 Å². The third-order valence-corrected chi connectivity index (χ3v) is 3.54. The van der Waals surface area contributed by atoms with Gasteiger partial charge in [-0.2, -0.15) is 13.2 Å². The van der Waals surface area contributed by atoms with Gasteiger partial charge in [-0.25, -0.2) is 0 Å². The fourth-order valence-electron chi connectivity index (χ4n) is 1.54. The van der Waals surface area contributed by atoms with Crippen LogP contribution >= 0.6 is 11.8 Å². The Bertz CT molecular complexity index is 207. The molecule has 1 N–H and O–H groups in total. The molecule has 1 rings (SSSR count). The number of nitrogens with zero attached hydrogens (tertiary/aromatic N) is 1. The molecular formula is C10H19F3N2S. The molecule has 0 aromatic carbocycles. The van der Waals surface area contributed by atoms with E-state index in [1.165, 1.54) is 12.8 Å². The van der Waals surface area contributed by atoms with Gasteiger partial charge in [0, 0.05) is 30.9 Å². The summed E-state index contributed by atoms with van der Waals surface area (Å²) in [5.74, 6) is 0.0867. The molecule has 0 radical (unpaired) electrons. The molecule has 1 fully saturated rings. The molecule has 16 heavy (non-hydrogen) atoms. The van der Waals surface area contributed by atoms with Crippen LogP contribution in [0.5, 0.6) is 0 Å². The predicted octanol–water partition coefficient (Wildman–Crippen LogP) is 2.31. The van der Waals surface area contributed by atoms with Crippen molar-refractivity contribution in [3.8, 4) is 0 Å². The van der Waals surface area contributed by atoms with E-state index in [0.717, 1.165) is 6.54 Å². The second-order valence-corrected chi connectivity index (χ2v) is 5.40. The Morgan fingerprint density at radius 3 is 2.56 bits per heavy atom. The Hall–Kier alpha value is 0.0600. The summed E-state index contributed by atoms with van der Waals surface area (Å²) in [6.45, 7) is 3.26. The zero-order valence-corrected chi connectivity index (χ0v) is 10.5. The van der Waals surface area contributed by atoms with Crippen molar-refractivity contribution in [2.45, 2.75) is 37.4 Å². The highest BCUT2D eigenvalue weighted by molar-refractivity contribution is 8.00. The van der Waals surface area contributed by atoms with Crippen LogP contribution in [0.25, 0.3) is 0 Å². The molecule has 0 amide bonds. The van der Waals surface area contributed by atoms with Crippen molar-refractivity contribution in [3.05, 3.63) is 0 Å². The Morgan fingerprint density at radius 1 is 1.44 bits per heavy atom. The standard InChI is InChI=1S/C10H19F3N2S/c1-8(15(2)9-3-4-9)7-14-5-6-16-10(11,12)13/h8-9,14H,3-7H2,1-2H3. The molecule has 1 aliphatic rings. The molecule has 0 heterocycles. The molecule has 6 heteroatoms. The van der Waals surface area contributed by atoms with Crippen molar-refractivity contribution in [3.63, 3.8) is 0 Å². The van der Waals surface area contributed by atoms with E-state index < -0.39 is 5.51 Å². The maximum atomic E-state index is 11.8. The minimum Gasteiger partial charge on any atom is -0.314 e. The summed E-state index contributed by atoms with van der Waals surface area (Å²) in [4.78, 5) is 2.30. The lowest BCUT2D eigenvalue weighted by atomic mass is 10.3. The van der Waals surface area contributed by atoms with Gasteiger partial charge in [0.25, 0.3) is 0 Å². The van der Waals surface area contributed by atoms with Gasteiger partial charge in [-0.3, -0.25) is 4.90 Å². The van der Waals surface area contributed by atoms with E-state index in [-0.39, 0.29) is 17.5 Å². The van der Waals surface area contributed by atoms with Crippen molar-refractivity contribution in [1.29, 1.82) is 0 Å². The van der Waals surface area contributed by atoms with Crippen molar-refractivity contribution in [1.82, 2.24) is 10.2 Å². The minimum atomic E-state index is -4.10. The summed E-state index contributed by atoms with van der Waals surface area (Å²) in [7, 11) is 2.08. The van der Waals surface area contributed by atoms with Crippen LogP contribution < -0.4 is 5.32 Å². The van der Waals surface area contributed by atoms with Crippen LogP contribution in [0, 0.1) is 0 Å². The summed E-state index contributed by atoms with van der Waals surface area (Å²) in [5, 5.41) is 3.06. The Balaban J connectivity index is 1.98. The quantitative estimate of drug-likeness (QED) is 0.704. The first-order valence-corrected chi connectivity index (χ1v) is 6.52. The van der Waals surface area contributed by atoms with Gasteiger partial charge in [0.2, 0.25) is 0 Å². The fraction of sp³-hybridized carbons (Fsp3) is 1.00. The lowest BCUT2D eigenvalue weighted by Crippen LogP contribution is -2.39. The molecule has 1 saturated carbocycles. The fourth-order valence-corrected chi connectivity index (χ4v) is 2.01. The SMILES string of the molecule is CC(CNCCSC(F)(F)F)N(C)C1CC1.